The third-order valence-electron chi connectivity index (χ3n) is 3.81. The molecule has 0 aliphatic rings. The minimum atomic E-state index is -1.64. The van der Waals surface area contributed by atoms with Crippen molar-refractivity contribution in [1.29, 1.82) is 0 Å². The fourth-order valence-corrected chi connectivity index (χ4v) is 2.05. The summed E-state index contributed by atoms with van der Waals surface area (Å²) in [5.74, 6) is -1.20. The average Bonchev–Trinajstić information content (AvgIpc) is 2.66. The Hall–Kier alpha value is -3.40. The van der Waals surface area contributed by atoms with Crippen LogP contribution in [0.1, 0.15) is 12.5 Å². The van der Waals surface area contributed by atoms with Crippen molar-refractivity contribution in [1.82, 2.24) is 5.32 Å². The lowest BCUT2D eigenvalue weighted by atomic mass is 10.0. The van der Waals surface area contributed by atoms with Gasteiger partial charge in [0.05, 0.1) is 6.61 Å². The second kappa shape index (κ2) is 10.1. The Labute approximate surface area is 163 Å². The molecule has 152 valence electrons. The van der Waals surface area contributed by atoms with Crippen LogP contribution in [-0.4, -0.2) is 61.7 Å². The quantitative estimate of drug-likeness (QED) is 0.265. The minimum Gasteiger partial charge on any atom is -0.487 e. The van der Waals surface area contributed by atoms with Crippen molar-refractivity contribution in [3.05, 3.63) is 35.5 Å². The molecular formula is C18H26N6O4. The summed E-state index contributed by atoms with van der Waals surface area (Å²) in [6.07, 6.45) is 3.14. The van der Waals surface area contributed by atoms with Crippen LogP contribution in [0.15, 0.2) is 40.0 Å². The second-order valence-corrected chi connectivity index (χ2v) is 6.07. The van der Waals surface area contributed by atoms with Crippen LogP contribution in [0.5, 0.6) is 5.75 Å². The number of hydrogen-bond acceptors (Lipinski definition) is 8. The van der Waals surface area contributed by atoms with E-state index in [-0.39, 0.29) is 18.0 Å². The van der Waals surface area contributed by atoms with Gasteiger partial charge in [0.15, 0.2) is 0 Å². The Morgan fingerprint density at radius 2 is 2.00 bits per heavy atom. The molecule has 1 rings (SSSR count). The number of nitrogens with zero attached hydrogens (tertiary/aromatic N) is 2. The lowest BCUT2D eigenvalue weighted by molar-refractivity contribution is -0.129. The van der Waals surface area contributed by atoms with Crippen molar-refractivity contribution in [2.45, 2.75) is 12.5 Å². The summed E-state index contributed by atoms with van der Waals surface area (Å²) in [6.45, 7) is 0.735. The van der Waals surface area contributed by atoms with Crippen molar-refractivity contribution in [3.8, 4) is 5.75 Å². The first-order valence-electron chi connectivity index (χ1n) is 8.28. The van der Waals surface area contributed by atoms with E-state index in [1.165, 1.54) is 26.3 Å². The number of carbonyl (C=O) groups is 2. The fourth-order valence-electron chi connectivity index (χ4n) is 2.05. The van der Waals surface area contributed by atoms with Gasteiger partial charge in [-0.1, -0.05) is 0 Å². The van der Waals surface area contributed by atoms with Gasteiger partial charge < -0.3 is 32.4 Å². The highest BCUT2D eigenvalue weighted by atomic mass is 16.5. The first-order chi connectivity index (χ1) is 13.2. The Balaban J connectivity index is 3.09. The molecule has 0 bridgehead atoms. The number of nitrogens with one attached hydrogen (secondary N) is 1. The molecular weight excluding hydrogens is 364 g/mol. The Kier molecular flexibility index (Phi) is 8.14. The minimum absolute atomic E-state index is 0.0505. The first-order valence-corrected chi connectivity index (χ1v) is 8.28. The van der Waals surface area contributed by atoms with Gasteiger partial charge in [0, 0.05) is 37.3 Å². The van der Waals surface area contributed by atoms with Crippen molar-refractivity contribution in [3.63, 3.8) is 0 Å². The number of primary amides is 1. The zero-order valence-electron chi connectivity index (χ0n) is 16.1. The number of ether oxygens (including phenoxy) is 1. The van der Waals surface area contributed by atoms with E-state index in [0.29, 0.717) is 17.0 Å². The maximum absolute atomic E-state index is 12.6. The standard InChI is InChI=1S/C18H26N6O4/c1-18(10-25,17(21)27)24-16(26)15(23-3)13-8-12(4-5-14(13)20)28-9-11(19)6-7-22-2/h4-8,25H,9-10,19-20H2,1-3H3,(H2,21,27)(H,24,26). The van der Waals surface area contributed by atoms with Gasteiger partial charge in [0.1, 0.15) is 23.6 Å². The van der Waals surface area contributed by atoms with Crippen molar-refractivity contribution in [2.75, 3.05) is 33.0 Å². The van der Waals surface area contributed by atoms with E-state index < -0.39 is 24.0 Å². The molecule has 10 heteroatoms. The molecule has 0 saturated heterocycles. The third kappa shape index (κ3) is 5.81. The molecule has 28 heavy (non-hydrogen) atoms. The van der Waals surface area contributed by atoms with Gasteiger partial charge >= 0.3 is 0 Å². The third-order valence-corrected chi connectivity index (χ3v) is 3.81. The molecule has 10 nitrogen and oxygen atoms in total. The number of aliphatic imine (C=N–C) groups is 2. The predicted molar refractivity (Wildman–Crippen MR) is 108 cm³/mol. The van der Waals surface area contributed by atoms with E-state index in [1.54, 1.807) is 25.3 Å². The smallest absolute Gasteiger partial charge is 0.271 e. The van der Waals surface area contributed by atoms with Crippen molar-refractivity contribution >= 4 is 29.4 Å². The lowest BCUT2D eigenvalue weighted by Crippen LogP contribution is -2.59. The van der Waals surface area contributed by atoms with Crippen LogP contribution in [0.4, 0.5) is 5.69 Å². The molecule has 1 aromatic carbocycles. The number of aliphatic hydroxyl groups excluding tert-OH is 1. The van der Waals surface area contributed by atoms with E-state index in [0.717, 1.165) is 0 Å². The van der Waals surface area contributed by atoms with Gasteiger partial charge in [-0.2, -0.15) is 0 Å². The maximum atomic E-state index is 12.6. The van der Waals surface area contributed by atoms with Crippen molar-refractivity contribution in [2.24, 2.45) is 21.5 Å². The van der Waals surface area contributed by atoms with E-state index in [1.807, 2.05) is 0 Å². The van der Waals surface area contributed by atoms with Crippen LogP contribution >= 0.6 is 0 Å². The summed E-state index contributed by atoms with van der Waals surface area (Å²) in [4.78, 5) is 31.9. The molecule has 8 N–H and O–H groups in total. The summed E-state index contributed by atoms with van der Waals surface area (Å²) in [5, 5.41) is 11.8. The van der Waals surface area contributed by atoms with E-state index in [4.69, 9.17) is 21.9 Å². The van der Waals surface area contributed by atoms with Crippen LogP contribution in [0.3, 0.4) is 0 Å². The average molecular weight is 390 g/mol. The fraction of sp³-hybridized carbons (Fsp3) is 0.333. The van der Waals surface area contributed by atoms with Crippen LogP contribution in [-0.2, 0) is 9.59 Å². The number of aliphatic hydroxyl groups is 1. The van der Waals surface area contributed by atoms with Crippen LogP contribution in [0, 0.1) is 0 Å². The highest BCUT2D eigenvalue weighted by Gasteiger charge is 2.34. The summed E-state index contributed by atoms with van der Waals surface area (Å²) in [6, 6.07) is 4.70. The molecule has 1 unspecified atom stereocenters. The molecule has 0 aromatic heterocycles. The normalized spacial score (nSPS) is 14.6. The molecule has 0 radical (unpaired) electrons. The second-order valence-electron chi connectivity index (χ2n) is 6.07. The summed E-state index contributed by atoms with van der Waals surface area (Å²) >= 11 is 0. The van der Waals surface area contributed by atoms with Gasteiger partial charge in [-0.15, -0.1) is 0 Å². The Morgan fingerprint density at radius 3 is 2.54 bits per heavy atom. The van der Waals surface area contributed by atoms with Gasteiger partial charge in [-0.25, -0.2) is 0 Å². The van der Waals surface area contributed by atoms with Gasteiger partial charge in [0.2, 0.25) is 5.91 Å². The number of nitrogens with two attached hydrogens (primary N) is 3. The zero-order chi connectivity index (χ0) is 21.3. The molecule has 0 aliphatic heterocycles. The van der Waals surface area contributed by atoms with E-state index >= 15 is 0 Å². The summed E-state index contributed by atoms with van der Waals surface area (Å²) in [7, 11) is 3.01. The largest absolute Gasteiger partial charge is 0.487 e. The number of nitrogen functional groups attached to an aromatic ring is 1. The van der Waals surface area contributed by atoms with E-state index in [9.17, 15) is 14.7 Å². The molecule has 0 saturated carbocycles. The Bertz CT molecular complexity index is 818. The highest BCUT2D eigenvalue weighted by Crippen LogP contribution is 2.21. The number of allylic oxidation sites excluding steroid dienone is 1. The van der Waals surface area contributed by atoms with Crippen molar-refractivity contribution < 1.29 is 19.4 Å². The monoisotopic (exact) mass is 390 g/mol. The molecule has 2 amide bonds. The SMILES string of the molecule is CN=CC=C(N)COc1ccc(N)c(C(=NC)C(=O)NC(C)(CO)C(N)=O)c1. The topological polar surface area (TPSA) is 178 Å². The van der Waals surface area contributed by atoms with E-state index in [2.05, 4.69) is 15.3 Å². The molecule has 1 aromatic rings. The van der Waals surface area contributed by atoms with Crippen LogP contribution < -0.4 is 27.3 Å². The highest BCUT2D eigenvalue weighted by molar-refractivity contribution is 6.46. The van der Waals surface area contributed by atoms with Gasteiger partial charge in [-0.3, -0.25) is 19.6 Å². The van der Waals surface area contributed by atoms with Gasteiger partial charge in [0.25, 0.3) is 5.91 Å². The lowest BCUT2D eigenvalue weighted by Gasteiger charge is -2.25. The number of benzene rings is 1. The molecule has 0 spiro atoms. The number of carbonyl (C=O) groups excluding carboxylic acids is 2. The molecule has 1 atom stereocenters. The molecule has 0 aliphatic carbocycles. The van der Waals surface area contributed by atoms with Gasteiger partial charge in [-0.05, 0) is 31.2 Å². The molecule has 0 fully saturated rings. The van der Waals surface area contributed by atoms with Crippen LogP contribution in [0.25, 0.3) is 0 Å². The maximum Gasteiger partial charge on any atom is 0.271 e. The number of rotatable bonds is 9. The Morgan fingerprint density at radius 1 is 1.32 bits per heavy atom. The summed E-state index contributed by atoms with van der Waals surface area (Å²) < 4.78 is 5.58. The molecule has 0 heterocycles. The number of amides is 2. The number of anilines is 1. The predicted octanol–water partition coefficient (Wildman–Crippen LogP) is -1.04. The summed E-state index contributed by atoms with van der Waals surface area (Å²) in [5.41, 5.74) is 16.3. The zero-order valence-corrected chi connectivity index (χ0v) is 16.1. The first kappa shape index (κ1) is 22.6. The van der Waals surface area contributed by atoms with Crippen LogP contribution in [0.2, 0.25) is 0 Å². The number of hydrogen-bond donors (Lipinski definition) is 5.